The van der Waals surface area contributed by atoms with Crippen molar-refractivity contribution in [3.63, 3.8) is 0 Å². The molecule has 0 unspecified atom stereocenters. The zero-order valence-electron chi connectivity index (χ0n) is 6.29. The summed E-state index contributed by atoms with van der Waals surface area (Å²) in [5.41, 5.74) is 0.332. The largest absolute Gasteiger partial charge is 0.509 e. The van der Waals surface area contributed by atoms with E-state index in [2.05, 4.69) is 4.74 Å². The van der Waals surface area contributed by atoms with Crippen LogP contribution in [0.1, 0.15) is 6.42 Å². The number of ether oxygens (including phenoxy) is 2. The molecule has 0 aromatic carbocycles. The van der Waals surface area contributed by atoms with Crippen LogP contribution in [-0.2, 0) is 14.3 Å². The average molecular weight is 158 g/mol. The molecular formula is C7H10O4. The minimum atomic E-state index is -0.467. The summed E-state index contributed by atoms with van der Waals surface area (Å²) in [6.07, 6.45) is 0.429. The van der Waals surface area contributed by atoms with Gasteiger partial charge in [-0.15, -0.1) is 0 Å². The van der Waals surface area contributed by atoms with E-state index in [4.69, 9.17) is 9.84 Å². The fourth-order valence-corrected chi connectivity index (χ4v) is 0.918. The van der Waals surface area contributed by atoms with Gasteiger partial charge in [0, 0.05) is 6.42 Å². The highest BCUT2D eigenvalue weighted by Gasteiger charge is 2.19. The molecule has 62 valence electrons. The third-order valence-electron chi connectivity index (χ3n) is 1.52. The Balaban J connectivity index is 2.74. The van der Waals surface area contributed by atoms with Gasteiger partial charge in [0.2, 0.25) is 0 Å². The maximum atomic E-state index is 10.9. The number of aliphatic hydroxyl groups is 1. The zero-order valence-corrected chi connectivity index (χ0v) is 6.29. The van der Waals surface area contributed by atoms with Gasteiger partial charge >= 0.3 is 5.97 Å². The average Bonchev–Trinajstić information content (AvgIpc) is 2.04. The van der Waals surface area contributed by atoms with Crippen LogP contribution < -0.4 is 0 Å². The molecule has 0 bridgehead atoms. The molecule has 1 heterocycles. The minimum absolute atomic E-state index is 0.0110. The molecule has 0 aromatic rings. The fourth-order valence-electron chi connectivity index (χ4n) is 0.918. The van der Waals surface area contributed by atoms with Crippen LogP contribution in [0.15, 0.2) is 11.3 Å². The summed E-state index contributed by atoms with van der Waals surface area (Å²) >= 11 is 0. The van der Waals surface area contributed by atoms with E-state index in [-0.39, 0.29) is 12.4 Å². The van der Waals surface area contributed by atoms with E-state index in [0.717, 1.165) is 0 Å². The Hall–Kier alpha value is -1.03. The van der Waals surface area contributed by atoms with Gasteiger partial charge in [-0.2, -0.15) is 0 Å². The van der Waals surface area contributed by atoms with Crippen LogP contribution in [0.2, 0.25) is 0 Å². The first kappa shape index (κ1) is 8.07. The van der Waals surface area contributed by atoms with Gasteiger partial charge in [-0.25, -0.2) is 4.79 Å². The molecule has 1 rings (SSSR count). The molecule has 0 radical (unpaired) electrons. The van der Waals surface area contributed by atoms with Crippen molar-refractivity contribution in [3.8, 4) is 0 Å². The summed E-state index contributed by atoms with van der Waals surface area (Å²) in [6, 6.07) is 0. The molecule has 0 aliphatic carbocycles. The van der Waals surface area contributed by atoms with Gasteiger partial charge in [0.25, 0.3) is 0 Å². The van der Waals surface area contributed by atoms with Gasteiger partial charge < -0.3 is 14.6 Å². The second kappa shape index (κ2) is 3.39. The normalized spacial score (nSPS) is 18.3. The van der Waals surface area contributed by atoms with Gasteiger partial charge in [-0.05, 0) is 0 Å². The van der Waals surface area contributed by atoms with E-state index >= 15 is 0 Å². The maximum absolute atomic E-state index is 10.9. The van der Waals surface area contributed by atoms with E-state index in [1.54, 1.807) is 0 Å². The third kappa shape index (κ3) is 1.71. The molecule has 0 saturated carbocycles. The molecule has 11 heavy (non-hydrogen) atoms. The monoisotopic (exact) mass is 158 g/mol. The van der Waals surface area contributed by atoms with Crippen LogP contribution in [0.25, 0.3) is 0 Å². The van der Waals surface area contributed by atoms with E-state index in [1.165, 1.54) is 7.11 Å². The number of methoxy groups -OCH3 is 1. The van der Waals surface area contributed by atoms with Crippen molar-refractivity contribution >= 4 is 5.97 Å². The molecule has 0 fully saturated rings. The summed E-state index contributed by atoms with van der Waals surface area (Å²) in [5.74, 6) is -0.478. The highest BCUT2D eigenvalue weighted by Crippen LogP contribution is 2.14. The quantitative estimate of drug-likeness (QED) is 0.561. The lowest BCUT2D eigenvalue weighted by Crippen LogP contribution is -2.17. The standard InChI is InChI=1S/C7H10O4/c1-10-7(9)5-2-3-11-4-6(5)8/h8H,2-4H2,1H3. The molecule has 4 nitrogen and oxygen atoms in total. The predicted octanol–water partition coefficient (Wildman–Crippen LogP) is 0.392. The molecule has 0 aromatic heterocycles. The molecule has 0 saturated heterocycles. The first-order valence-electron chi connectivity index (χ1n) is 3.32. The number of carbonyl (C=O) groups excluding carboxylic acids is 1. The molecule has 0 atom stereocenters. The second-order valence-corrected chi connectivity index (χ2v) is 2.22. The van der Waals surface area contributed by atoms with Gasteiger partial charge in [-0.1, -0.05) is 0 Å². The van der Waals surface area contributed by atoms with Crippen LogP contribution in [0.4, 0.5) is 0 Å². The summed E-state index contributed by atoms with van der Waals surface area (Å²) in [5, 5.41) is 9.12. The Kier molecular flexibility index (Phi) is 2.48. The van der Waals surface area contributed by atoms with Crippen molar-refractivity contribution in [2.75, 3.05) is 20.3 Å². The van der Waals surface area contributed by atoms with Crippen LogP contribution in [0.5, 0.6) is 0 Å². The SMILES string of the molecule is COC(=O)C1=C(O)COCC1. The van der Waals surface area contributed by atoms with Gasteiger partial charge in [0.15, 0.2) is 0 Å². The Morgan fingerprint density at radius 2 is 2.45 bits per heavy atom. The molecule has 1 aliphatic rings. The zero-order chi connectivity index (χ0) is 8.27. The Bertz CT molecular complexity index is 195. The number of carbonyl (C=O) groups is 1. The second-order valence-electron chi connectivity index (χ2n) is 2.22. The highest BCUT2D eigenvalue weighted by molar-refractivity contribution is 5.89. The number of rotatable bonds is 1. The van der Waals surface area contributed by atoms with Crippen molar-refractivity contribution in [2.45, 2.75) is 6.42 Å². The van der Waals surface area contributed by atoms with E-state index in [1.807, 2.05) is 0 Å². The molecule has 1 N–H and O–H groups in total. The molecule has 4 heteroatoms. The fraction of sp³-hybridized carbons (Fsp3) is 0.571. The summed E-state index contributed by atoms with van der Waals surface area (Å²) < 4.78 is 9.34. The van der Waals surface area contributed by atoms with Crippen molar-refractivity contribution in [1.29, 1.82) is 0 Å². The number of esters is 1. The minimum Gasteiger partial charge on any atom is -0.509 e. The number of hydrogen-bond acceptors (Lipinski definition) is 4. The van der Waals surface area contributed by atoms with Crippen LogP contribution in [-0.4, -0.2) is 31.4 Å². The van der Waals surface area contributed by atoms with Gasteiger partial charge in [-0.3, -0.25) is 0 Å². The predicted molar refractivity (Wildman–Crippen MR) is 37.1 cm³/mol. The Labute approximate surface area is 64.4 Å². The van der Waals surface area contributed by atoms with Crippen LogP contribution in [0.3, 0.4) is 0 Å². The number of aliphatic hydroxyl groups excluding tert-OH is 1. The maximum Gasteiger partial charge on any atom is 0.337 e. The van der Waals surface area contributed by atoms with Crippen molar-refractivity contribution < 1.29 is 19.4 Å². The summed E-state index contributed by atoms with van der Waals surface area (Å²) in [7, 11) is 1.29. The smallest absolute Gasteiger partial charge is 0.337 e. The first-order chi connectivity index (χ1) is 5.25. The molecule has 0 amide bonds. The molecular weight excluding hydrogens is 148 g/mol. The summed E-state index contributed by atoms with van der Waals surface area (Å²) in [4.78, 5) is 10.9. The third-order valence-corrected chi connectivity index (χ3v) is 1.52. The molecule has 0 spiro atoms. The van der Waals surface area contributed by atoms with E-state index in [9.17, 15) is 4.79 Å². The van der Waals surface area contributed by atoms with Crippen LogP contribution >= 0.6 is 0 Å². The van der Waals surface area contributed by atoms with E-state index in [0.29, 0.717) is 18.6 Å². The lowest BCUT2D eigenvalue weighted by Gasteiger charge is -2.14. The number of hydrogen-bond donors (Lipinski definition) is 1. The first-order valence-corrected chi connectivity index (χ1v) is 3.32. The van der Waals surface area contributed by atoms with Gasteiger partial charge in [0.1, 0.15) is 12.4 Å². The van der Waals surface area contributed by atoms with Crippen LogP contribution in [0, 0.1) is 0 Å². The van der Waals surface area contributed by atoms with Crippen molar-refractivity contribution in [2.24, 2.45) is 0 Å². The topological polar surface area (TPSA) is 55.8 Å². The lowest BCUT2D eigenvalue weighted by atomic mass is 10.1. The Morgan fingerprint density at radius 3 is 3.00 bits per heavy atom. The summed E-state index contributed by atoms with van der Waals surface area (Å²) in [6.45, 7) is 0.582. The van der Waals surface area contributed by atoms with E-state index < -0.39 is 5.97 Å². The van der Waals surface area contributed by atoms with Crippen molar-refractivity contribution in [1.82, 2.24) is 0 Å². The lowest BCUT2D eigenvalue weighted by molar-refractivity contribution is -0.137. The van der Waals surface area contributed by atoms with Crippen molar-refractivity contribution in [3.05, 3.63) is 11.3 Å². The Morgan fingerprint density at radius 1 is 1.73 bits per heavy atom. The van der Waals surface area contributed by atoms with Gasteiger partial charge in [0.05, 0.1) is 19.3 Å². The highest BCUT2D eigenvalue weighted by atomic mass is 16.5. The molecule has 1 aliphatic heterocycles.